The Morgan fingerprint density at radius 2 is 1.46 bits per heavy atom. The Balaban J connectivity index is 0.814. The number of hydrogen-bond donors (Lipinski definition) is 9. The van der Waals surface area contributed by atoms with Crippen molar-refractivity contribution in [3.8, 4) is 28.4 Å². The van der Waals surface area contributed by atoms with Crippen LogP contribution in [-0.4, -0.2) is 169 Å². The largest absolute Gasteiger partial charge is 0.490 e. The minimum atomic E-state index is -1.08. The van der Waals surface area contributed by atoms with Crippen molar-refractivity contribution < 1.29 is 71.9 Å². The maximum atomic E-state index is 13.7. The highest BCUT2D eigenvalue weighted by molar-refractivity contribution is 9.10. The lowest BCUT2D eigenvalue weighted by molar-refractivity contribution is -0.137. The number of pyridine rings is 2. The number of benzene rings is 3. The Morgan fingerprint density at radius 3 is 2.14 bits per heavy atom. The highest BCUT2D eigenvalue weighted by Gasteiger charge is 2.29. The molecule has 6 aromatic rings. The number of urea groups is 1. The van der Waals surface area contributed by atoms with Gasteiger partial charge in [0.15, 0.2) is 0 Å². The topological polar surface area (TPSA) is 368 Å². The Kier molecular flexibility index (Phi) is 26.5. The fourth-order valence-corrected chi connectivity index (χ4v) is 9.32. The number of amides is 8. The number of imide groups is 1. The summed E-state index contributed by atoms with van der Waals surface area (Å²) in [5.74, 6) is -2.66. The van der Waals surface area contributed by atoms with Crippen molar-refractivity contribution >= 4 is 85.8 Å². The number of aromatic carboxylic acids is 1. The van der Waals surface area contributed by atoms with Crippen LogP contribution in [0.3, 0.4) is 0 Å². The first-order valence-electron chi connectivity index (χ1n) is 29.0. The number of aromatic nitrogens is 4. The van der Waals surface area contributed by atoms with Crippen LogP contribution in [-0.2, 0) is 60.8 Å². The number of primary amides is 1. The van der Waals surface area contributed by atoms with Gasteiger partial charge in [0.1, 0.15) is 42.6 Å². The average molecular weight is 1310 g/mol. The average Bonchev–Trinajstić information content (AvgIpc) is 1.63. The fraction of sp³-hybridized carbons (Fsp3) is 0.371. The van der Waals surface area contributed by atoms with E-state index in [1.54, 1.807) is 62.5 Å². The number of H-pyrrole nitrogens is 1. The fourth-order valence-electron chi connectivity index (χ4n) is 8.90. The second kappa shape index (κ2) is 35.0. The first-order chi connectivity index (χ1) is 43.4. The number of halogens is 1. The number of fused-ring (bicyclic) bond motifs is 1. The van der Waals surface area contributed by atoms with Gasteiger partial charge in [-0.25, -0.2) is 19.4 Å². The molecule has 478 valence electrons. The molecule has 10 N–H and O–H groups in total. The van der Waals surface area contributed by atoms with Crippen molar-refractivity contribution in [1.82, 2.24) is 46.1 Å². The molecule has 0 saturated heterocycles. The Bertz CT molecular complexity index is 3470. The summed E-state index contributed by atoms with van der Waals surface area (Å²) >= 11 is 3.29. The van der Waals surface area contributed by atoms with Crippen LogP contribution in [0.1, 0.15) is 60.5 Å². The lowest BCUT2D eigenvalue weighted by Crippen LogP contribution is -2.54. The van der Waals surface area contributed by atoms with Gasteiger partial charge in [-0.3, -0.25) is 38.8 Å². The molecule has 90 heavy (non-hydrogen) atoms. The van der Waals surface area contributed by atoms with E-state index in [1.807, 2.05) is 49.4 Å². The van der Waals surface area contributed by atoms with Crippen LogP contribution in [0.25, 0.3) is 33.5 Å². The van der Waals surface area contributed by atoms with E-state index in [1.165, 1.54) is 12.2 Å². The smallest absolute Gasteiger partial charge is 0.407 e. The van der Waals surface area contributed by atoms with Gasteiger partial charge >= 0.3 is 18.1 Å². The summed E-state index contributed by atoms with van der Waals surface area (Å²) in [5, 5.41) is 27.1. The van der Waals surface area contributed by atoms with Crippen molar-refractivity contribution in [3.63, 3.8) is 0 Å². The number of aromatic amines is 1. The van der Waals surface area contributed by atoms with E-state index in [2.05, 4.69) is 57.8 Å². The summed E-state index contributed by atoms with van der Waals surface area (Å²) in [6.07, 6.45) is 3.69. The number of imidazole rings is 1. The van der Waals surface area contributed by atoms with E-state index < -0.39 is 47.9 Å². The molecule has 7 rings (SSSR count). The molecule has 0 radical (unpaired) electrons. The van der Waals surface area contributed by atoms with Crippen LogP contribution in [0, 0.1) is 12.8 Å². The summed E-state index contributed by atoms with van der Waals surface area (Å²) in [4.78, 5) is 118. The molecule has 0 spiro atoms. The van der Waals surface area contributed by atoms with Crippen LogP contribution in [0.5, 0.6) is 5.75 Å². The van der Waals surface area contributed by atoms with Gasteiger partial charge in [-0.15, -0.1) is 0 Å². The van der Waals surface area contributed by atoms with Crippen molar-refractivity contribution in [2.45, 2.75) is 65.3 Å². The maximum Gasteiger partial charge on any atom is 0.407 e. The normalized spacial score (nSPS) is 12.6. The van der Waals surface area contributed by atoms with Crippen LogP contribution < -0.4 is 42.4 Å². The van der Waals surface area contributed by atoms with Crippen LogP contribution in [0.2, 0.25) is 0 Å². The number of alkyl carbamates (subject to hydrolysis) is 1. The number of carbonyl (C=O) groups is 8. The molecule has 0 bridgehead atoms. The van der Waals surface area contributed by atoms with Crippen LogP contribution in [0.4, 0.5) is 21.0 Å². The molecular weight excluding hydrogens is 1230 g/mol. The number of nitrogens with one attached hydrogen (secondary N) is 7. The number of rotatable bonds is 37. The minimum absolute atomic E-state index is 0.0436. The van der Waals surface area contributed by atoms with Crippen LogP contribution >= 0.6 is 15.9 Å². The van der Waals surface area contributed by atoms with Gasteiger partial charge in [0, 0.05) is 57.6 Å². The van der Waals surface area contributed by atoms with Gasteiger partial charge in [-0.1, -0.05) is 38.1 Å². The summed E-state index contributed by atoms with van der Waals surface area (Å²) in [5.41, 5.74) is 11.3. The summed E-state index contributed by atoms with van der Waals surface area (Å²) in [7, 11) is 0. The quantitative estimate of drug-likeness (QED) is 0.0165. The molecule has 1 aliphatic rings. The summed E-state index contributed by atoms with van der Waals surface area (Å²) in [6.45, 7) is 8.02. The third kappa shape index (κ3) is 21.8. The molecule has 0 aliphatic carbocycles. The number of nitrogens with zero attached hydrogens (tertiary/aromatic N) is 4. The van der Waals surface area contributed by atoms with Crippen LogP contribution in [0.15, 0.2) is 108 Å². The Morgan fingerprint density at radius 1 is 0.756 bits per heavy atom. The van der Waals surface area contributed by atoms with Gasteiger partial charge < -0.3 is 76.1 Å². The number of carboxylic acids is 1. The Labute approximate surface area is 527 Å². The number of ether oxygens (including phenoxy) is 6. The molecule has 2 unspecified atom stereocenters. The molecule has 0 saturated carbocycles. The maximum absolute atomic E-state index is 13.7. The van der Waals surface area contributed by atoms with Crippen molar-refractivity contribution in [2.24, 2.45) is 11.7 Å². The second-order valence-corrected chi connectivity index (χ2v) is 21.5. The molecule has 27 nitrogen and oxygen atoms in total. The predicted molar refractivity (Wildman–Crippen MR) is 334 cm³/mol. The zero-order chi connectivity index (χ0) is 64.4. The monoisotopic (exact) mass is 1300 g/mol. The molecule has 1 aliphatic heterocycles. The van der Waals surface area contributed by atoms with E-state index in [0.29, 0.717) is 64.2 Å². The number of anilines is 2. The number of nitrogens with two attached hydrogens (primary N) is 1. The van der Waals surface area contributed by atoms with Gasteiger partial charge in [0.2, 0.25) is 17.7 Å². The summed E-state index contributed by atoms with van der Waals surface area (Å²) in [6, 6.07) is 22.0. The molecule has 0 fully saturated rings. The van der Waals surface area contributed by atoms with E-state index >= 15 is 0 Å². The number of hydrogen-bond acceptors (Lipinski definition) is 18. The zero-order valence-electron chi connectivity index (χ0n) is 50.0. The van der Waals surface area contributed by atoms with E-state index in [0.717, 1.165) is 32.8 Å². The molecule has 3 aromatic heterocycles. The first-order valence-corrected chi connectivity index (χ1v) is 29.8. The van der Waals surface area contributed by atoms with Crippen molar-refractivity contribution in [3.05, 3.63) is 130 Å². The molecule has 2 atom stereocenters. The SMILES string of the molecule is Cc1cccc(-c2nc(CNc3ccc(Br)c(C(=O)O)c3)[nH]c2-c2ccc3ncc(OCCNC(=O)OCc4ccc(NC(=O)C(CCCNC(N)=O)NC(=O)C(NC(=O)CCOCCOCCOCCOCCN5C(=O)C=CC5=O)C(C)C)cc4)cc3c2)n1. The standard InChI is InChI=1S/C62H73BrN12O15/c1-38(2)55(74-52(76)19-23-85-26-28-87-30-31-88-29-27-86-25-22-75-53(77)17-18-54(75)78)59(80)71-50(8-5-20-65-61(64)83)58(79)70-43-12-9-40(10-13-43)37-90-62(84)66-21-24-89-45-33-42-32-41(11-16-48(42)68-35-45)56-57(49-7-4-6-39(3)69-49)73-51(72-56)36-67-44-14-15-47(63)46(34-44)60(81)82/h4,6-7,9-18,32-35,38,50,55,67H,5,8,19-31,36-37H2,1-3H3,(H,66,84)(H,70,79)(H,71,80)(H,72,73)(H,74,76)(H,81,82)(H3,64,65,83). The predicted octanol–water partition coefficient (Wildman–Crippen LogP) is 5.77. The van der Waals surface area contributed by atoms with E-state index in [4.69, 9.17) is 44.1 Å². The van der Waals surface area contributed by atoms with Gasteiger partial charge in [0.25, 0.3) is 11.8 Å². The molecular formula is C62H73BrN12O15. The molecule has 3 aromatic carbocycles. The number of aryl methyl sites for hydroxylation is 1. The lowest BCUT2D eigenvalue weighted by atomic mass is 10.0. The first kappa shape index (κ1) is 68.1. The minimum Gasteiger partial charge on any atom is -0.490 e. The lowest BCUT2D eigenvalue weighted by Gasteiger charge is -2.25. The highest BCUT2D eigenvalue weighted by atomic mass is 79.9. The summed E-state index contributed by atoms with van der Waals surface area (Å²) < 4.78 is 33.7. The molecule has 4 heterocycles. The van der Waals surface area contributed by atoms with Gasteiger partial charge in [-0.2, -0.15) is 0 Å². The van der Waals surface area contributed by atoms with E-state index in [-0.39, 0.29) is 115 Å². The zero-order valence-corrected chi connectivity index (χ0v) is 51.6. The van der Waals surface area contributed by atoms with Crippen molar-refractivity contribution in [2.75, 3.05) is 89.7 Å². The second-order valence-electron chi connectivity index (χ2n) is 20.7. The van der Waals surface area contributed by atoms with Gasteiger partial charge in [-0.05, 0) is 108 Å². The molecule has 8 amide bonds. The Hall–Kier alpha value is -9.35. The van der Waals surface area contributed by atoms with Gasteiger partial charge in [0.05, 0.1) is 101 Å². The number of carboxylic acid groups (broad SMARTS) is 1. The van der Waals surface area contributed by atoms with Crippen molar-refractivity contribution in [1.29, 1.82) is 0 Å². The molecule has 28 heteroatoms. The third-order valence-corrected chi connectivity index (χ3v) is 14.2. The highest BCUT2D eigenvalue weighted by Crippen LogP contribution is 2.33. The van der Waals surface area contributed by atoms with E-state index in [9.17, 15) is 43.5 Å². The third-order valence-electron chi connectivity index (χ3n) is 13.5. The number of carbonyl (C=O) groups excluding carboxylic acids is 7.